The van der Waals surface area contributed by atoms with Crippen LogP contribution in [0.5, 0.6) is 0 Å². The molecular formula is C15H10Cl2N2O4S. The summed E-state index contributed by atoms with van der Waals surface area (Å²) in [4.78, 5) is 24.4. The minimum absolute atomic E-state index is 0.202. The second-order valence-electron chi connectivity index (χ2n) is 5.00. The Kier molecular flexibility index (Phi) is 4.25. The third-order valence-electron chi connectivity index (χ3n) is 3.45. The van der Waals surface area contributed by atoms with Gasteiger partial charge < -0.3 is 5.32 Å². The molecule has 1 aliphatic rings. The first-order valence-corrected chi connectivity index (χ1v) is 8.91. The van der Waals surface area contributed by atoms with Crippen LogP contribution in [0.2, 0.25) is 10.0 Å². The number of carbonyl (C=O) groups excluding carboxylic acids is 2. The lowest BCUT2D eigenvalue weighted by molar-refractivity contribution is -0.124. The Labute approximate surface area is 148 Å². The summed E-state index contributed by atoms with van der Waals surface area (Å²) in [5, 5.41) is 3.16. The van der Waals surface area contributed by atoms with Crippen molar-refractivity contribution in [2.24, 2.45) is 0 Å². The number of sulfonamides is 1. The Morgan fingerprint density at radius 3 is 1.92 bits per heavy atom. The number of rotatable bonds is 3. The van der Waals surface area contributed by atoms with Crippen LogP contribution >= 0.6 is 23.2 Å². The lowest BCUT2D eigenvalue weighted by atomic mass is 10.1. The number of halogens is 2. The molecule has 2 aromatic carbocycles. The molecule has 2 aromatic rings. The summed E-state index contributed by atoms with van der Waals surface area (Å²) in [5.74, 6) is -0.878. The number of nitrogens with zero attached hydrogens (tertiary/aromatic N) is 1. The van der Waals surface area contributed by atoms with E-state index in [-0.39, 0.29) is 9.20 Å². The van der Waals surface area contributed by atoms with Gasteiger partial charge in [0.15, 0.2) is 0 Å². The van der Waals surface area contributed by atoms with E-state index in [1.165, 1.54) is 24.3 Å². The minimum atomic E-state index is -4.32. The third kappa shape index (κ3) is 2.86. The number of amides is 3. The predicted octanol–water partition coefficient (Wildman–Crippen LogP) is 2.98. The van der Waals surface area contributed by atoms with Gasteiger partial charge in [0.1, 0.15) is 6.04 Å². The normalized spacial score (nSPS) is 17.9. The molecule has 1 N–H and O–H groups in total. The van der Waals surface area contributed by atoms with Crippen molar-refractivity contribution in [3.05, 3.63) is 64.1 Å². The molecule has 1 unspecified atom stereocenters. The fourth-order valence-electron chi connectivity index (χ4n) is 2.28. The van der Waals surface area contributed by atoms with Gasteiger partial charge in [-0.1, -0.05) is 35.3 Å². The maximum absolute atomic E-state index is 12.6. The zero-order valence-electron chi connectivity index (χ0n) is 11.9. The van der Waals surface area contributed by atoms with Crippen molar-refractivity contribution in [1.82, 2.24) is 9.62 Å². The van der Waals surface area contributed by atoms with Gasteiger partial charge in [-0.2, -0.15) is 0 Å². The Morgan fingerprint density at radius 2 is 1.38 bits per heavy atom. The molecule has 0 aromatic heterocycles. The predicted molar refractivity (Wildman–Crippen MR) is 88.2 cm³/mol. The molecule has 6 nitrogen and oxygen atoms in total. The van der Waals surface area contributed by atoms with Crippen LogP contribution in [-0.2, 0) is 14.8 Å². The van der Waals surface area contributed by atoms with E-state index in [9.17, 15) is 18.0 Å². The minimum Gasteiger partial charge on any atom is -0.321 e. The van der Waals surface area contributed by atoms with Gasteiger partial charge in [-0.25, -0.2) is 13.2 Å². The van der Waals surface area contributed by atoms with E-state index in [1.54, 1.807) is 24.3 Å². The molecule has 1 atom stereocenters. The number of urea groups is 1. The van der Waals surface area contributed by atoms with Gasteiger partial charge in [-0.05, 0) is 42.0 Å². The smallest absolute Gasteiger partial charge is 0.321 e. The number of hydrogen-bond donors (Lipinski definition) is 1. The highest BCUT2D eigenvalue weighted by Crippen LogP contribution is 2.28. The zero-order valence-corrected chi connectivity index (χ0v) is 14.3. The second kappa shape index (κ2) is 6.08. The summed E-state index contributed by atoms with van der Waals surface area (Å²) in [7, 11) is -4.32. The van der Waals surface area contributed by atoms with E-state index in [2.05, 4.69) is 5.32 Å². The highest BCUT2D eigenvalue weighted by Gasteiger charge is 2.46. The quantitative estimate of drug-likeness (QED) is 0.824. The molecule has 24 heavy (non-hydrogen) atoms. The third-order valence-corrected chi connectivity index (χ3v) is 5.65. The number of hydrogen-bond acceptors (Lipinski definition) is 4. The Bertz CT molecular complexity index is 911. The molecule has 1 heterocycles. The molecule has 0 saturated carbocycles. The lowest BCUT2D eigenvalue weighted by Crippen LogP contribution is -2.37. The van der Waals surface area contributed by atoms with Crippen molar-refractivity contribution < 1.29 is 18.0 Å². The molecule has 0 bridgehead atoms. The molecule has 1 saturated heterocycles. The molecule has 0 aliphatic carbocycles. The molecule has 0 radical (unpaired) electrons. The van der Waals surface area contributed by atoms with Gasteiger partial charge in [0.2, 0.25) is 0 Å². The summed E-state index contributed by atoms with van der Waals surface area (Å²) < 4.78 is 25.4. The summed E-state index contributed by atoms with van der Waals surface area (Å²) in [6.45, 7) is 0. The Balaban J connectivity index is 1.97. The first-order chi connectivity index (χ1) is 11.3. The highest BCUT2D eigenvalue weighted by atomic mass is 35.5. The molecule has 3 rings (SSSR count). The van der Waals surface area contributed by atoms with Crippen LogP contribution in [0.15, 0.2) is 53.4 Å². The molecular weight excluding hydrogens is 375 g/mol. The van der Waals surface area contributed by atoms with E-state index >= 15 is 0 Å². The van der Waals surface area contributed by atoms with E-state index in [0.29, 0.717) is 15.6 Å². The number of benzene rings is 2. The molecule has 1 aliphatic heterocycles. The number of carbonyl (C=O) groups is 2. The Morgan fingerprint density at radius 1 is 0.875 bits per heavy atom. The summed E-state index contributed by atoms with van der Waals surface area (Å²) >= 11 is 11.5. The number of nitrogens with one attached hydrogen (secondary N) is 1. The zero-order chi connectivity index (χ0) is 17.5. The largest absolute Gasteiger partial charge is 0.339 e. The summed E-state index contributed by atoms with van der Waals surface area (Å²) in [5.41, 5.74) is 0.437. The summed E-state index contributed by atoms with van der Waals surface area (Å²) in [6, 6.07) is 9.29. The fourth-order valence-corrected chi connectivity index (χ4v) is 3.84. The molecule has 0 spiro atoms. The topological polar surface area (TPSA) is 83.6 Å². The monoisotopic (exact) mass is 384 g/mol. The van der Waals surface area contributed by atoms with Crippen molar-refractivity contribution in [2.75, 3.05) is 0 Å². The van der Waals surface area contributed by atoms with Crippen molar-refractivity contribution in [3.63, 3.8) is 0 Å². The highest BCUT2D eigenvalue weighted by molar-refractivity contribution is 7.90. The van der Waals surface area contributed by atoms with Gasteiger partial charge in [-0.3, -0.25) is 4.79 Å². The van der Waals surface area contributed by atoms with Crippen LogP contribution in [0.3, 0.4) is 0 Å². The summed E-state index contributed by atoms with van der Waals surface area (Å²) in [6.07, 6.45) is 0. The standard InChI is InChI=1S/C15H10Cl2N2O4S/c16-10-3-1-9(2-4-10)13-14(20)19(15(21)18-13)24(22,23)12-7-5-11(17)6-8-12/h1-8,13H,(H,18,21). The van der Waals surface area contributed by atoms with Crippen LogP contribution in [0.1, 0.15) is 11.6 Å². The van der Waals surface area contributed by atoms with Crippen LogP contribution in [0, 0.1) is 0 Å². The average molecular weight is 385 g/mol. The maximum Gasteiger partial charge on any atom is 0.339 e. The SMILES string of the molecule is O=C1NC(c2ccc(Cl)cc2)C(=O)N1S(=O)(=O)c1ccc(Cl)cc1. The number of imide groups is 1. The van der Waals surface area contributed by atoms with Gasteiger partial charge in [0, 0.05) is 10.0 Å². The van der Waals surface area contributed by atoms with Crippen LogP contribution in [-0.4, -0.2) is 24.7 Å². The molecule has 124 valence electrons. The van der Waals surface area contributed by atoms with E-state index in [1.807, 2.05) is 0 Å². The van der Waals surface area contributed by atoms with Gasteiger partial charge in [-0.15, -0.1) is 4.31 Å². The first kappa shape index (κ1) is 16.8. The van der Waals surface area contributed by atoms with E-state index < -0.39 is 28.0 Å². The van der Waals surface area contributed by atoms with Crippen LogP contribution < -0.4 is 5.32 Å². The van der Waals surface area contributed by atoms with E-state index in [4.69, 9.17) is 23.2 Å². The van der Waals surface area contributed by atoms with Gasteiger partial charge >= 0.3 is 6.03 Å². The van der Waals surface area contributed by atoms with Gasteiger partial charge in [0.25, 0.3) is 15.9 Å². The second-order valence-corrected chi connectivity index (χ2v) is 7.66. The van der Waals surface area contributed by atoms with Crippen molar-refractivity contribution in [2.45, 2.75) is 10.9 Å². The molecule has 3 amide bonds. The van der Waals surface area contributed by atoms with Crippen molar-refractivity contribution in [1.29, 1.82) is 0 Å². The first-order valence-electron chi connectivity index (χ1n) is 6.71. The molecule has 9 heteroatoms. The van der Waals surface area contributed by atoms with Crippen molar-refractivity contribution >= 4 is 45.2 Å². The fraction of sp³-hybridized carbons (Fsp3) is 0.0667. The average Bonchev–Trinajstić information content (AvgIpc) is 2.84. The lowest BCUT2D eigenvalue weighted by Gasteiger charge is -2.14. The van der Waals surface area contributed by atoms with Gasteiger partial charge in [0.05, 0.1) is 4.90 Å². The van der Waals surface area contributed by atoms with Crippen molar-refractivity contribution in [3.8, 4) is 0 Å². The molecule has 1 fully saturated rings. The van der Waals surface area contributed by atoms with Crippen LogP contribution in [0.25, 0.3) is 0 Å². The van der Waals surface area contributed by atoms with Crippen LogP contribution in [0.4, 0.5) is 4.79 Å². The maximum atomic E-state index is 12.6. The van der Waals surface area contributed by atoms with E-state index in [0.717, 1.165) is 0 Å². The Hall–Kier alpha value is -2.09.